The number of imide groups is 1. The summed E-state index contributed by atoms with van der Waals surface area (Å²) in [5.41, 5.74) is -0.314. The molecule has 2 rings (SSSR count). The summed E-state index contributed by atoms with van der Waals surface area (Å²) in [5.74, 6) is 2.43. The molecule has 1 saturated heterocycles. The van der Waals surface area contributed by atoms with E-state index in [1.54, 1.807) is 0 Å². The van der Waals surface area contributed by atoms with E-state index in [1.165, 1.54) is 4.90 Å². The Bertz CT molecular complexity index is 323. The van der Waals surface area contributed by atoms with Crippen LogP contribution in [-0.4, -0.2) is 23.3 Å². The van der Waals surface area contributed by atoms with Crippen molar-refractivity contribution in [3.63, 3.8) is 0 Å². The van der Waals surface area contributed by atoms with E-state index in [0.717, 1.165) is 19.3 Å². The van der Waals surface area contributed by atoms with Crippen LogP contribution in [-0.2, 0) is 9.59 Å². The van der Waals surface area contributed by atoms with Gasteiger partial charge in [-0.2, -0.15) is 0 Å². The van der Waals surface area contributed by atoms with Crippen LogP contribution in [0.25, 0.3) is 0 Å². The number of hydrogen-bond donors (Lipinski definition) is 0. The van der Waals surface area contributed by atoms with Crippen molar-refractivity contribution in [2.45, 2.75) is 32.1 Å². The van der Waals surface area contributed by atoms with Gasteiger partial charge in [-0.05, 0) is 12.8 Å². The van der Waals surface area contributed by atoms with Gasteiger partial charge in [-0.1, -0.05) is 6.42 Å². The van der Waals surface area contributed by atoms with E-state index in [9.17, 15) is 9.59 Å². The highest BCUT2D eigenvalue weighted by molar-refractivity contribution is 6.06. The molecule has 1 spiro atoms. The molecule has 1 saturated carbocycles. The predicted molar refractivity (Wildman–Crippen MR) is 51.1 cm³/mol. The summed E-state index contributed by atoms with van der Waals surface area (Å²) in [6.45, 7) is 0.399. The van der Waals surface area contributed by atoms with Crippen molar-refractivity contribution in [3.8, 4) is 12.3 Å². The zero-order chi connectivity index (χ0) is 10.2. The summed E-state index contributed by atoms with van der Waals surface area (Å²) < 4.78 is 0. The first-order valence-electron chi connectivity index (χ1n) is 4.98. The average Bonchev–Trinajstić information content (AvgIpc) is 2.35. The number of likely N-dealkylation sites (tertiary alicyclic amines) is 1. The highest BCUT2D eigenvalue weighted by Crippen LogP contribution is 2.49. The van der Waals surface area contributed by atoms with Gasteiger partial charge in [0.1, 0.15) is 0 Å². The Hall–Kier alpha value is -1.30. The minimum absolute atomic E-state index is 0.0176. The molecular weight excluding hydrogens is 178 g/mol. The van der Waals surface area contributed by atoms with Gasteiger partial charge in [0.15, 0.2) is 0 Å². The van der Waals surface area contributed by atoms with E-state index >= 15 is 0 Å². The standard InChI is InChI=1S/C11H13NO2/c1-2-3-7-12-9(13)8-11(10(12)14)5-4-6-11/h1H,3-8H2. The summed E-state index contributed by atoms with van der Waals surface area (Å²) in [4.78, 5) is 24.7. The molecule has 2 fully saturated rings. The van der Waals surface area contributed by atoms with Crippen LogP contribution in [0.2, 0.25) is 0 Å². The first kappa shape index (κ1) is 9.26. The molecule has 0 aromatic carbocycles. The lowest BCUT2D eigenvalue weighted by molar-refractivity contribution is -0.143. The third-order valence-electron chi connectivity index (χ3n) is 3.28. The number of carbonyl (C=O) groups excluding carboxylic acids is 2. The Balaban J connectivity index is 2.09. The maximum atomic E-state index is 11.9. The molecule has 14 heavy (non-hydrogen) atoms. The van der Waals surface area contributed by atoms with Crippen LogP contribution in [0.15, 0.2) is 0 Å². The zero-order valence-electron chi connectivity index (χ0n) is 8.08. The fourth-order valence-corrected chi connectivity index (χ4v) is 2.26. The summed E-state index contributed by atoms with van der Waals surface area (Å²) in [5, 5.41) is 0. The number of carbonyl (C=O) groups is 2. The number of terminal acetylenes is 1. The molecule has 0 radical (unpaired) electrons. The molecule has 3 heteroatoms. The first-order valence-corrected chi connectivity index (χ1v) is 4.98. The van der Waals surface area contributed by atoms with Crippen LogP contribution in [0.1, 0.15) is 32.1 Å². The van der Waals surface area contributed by atoms with Gasteiger partial charge in [0.2, 0.25) is 11.8 Å². The van der Waals surface area contributed by atoms with Crippen molar-refractivity contribution in [1.82, 2.24) is 4.90 Å². The van der Waals surface area contributed by atoms with Crippen LogP contribution in [0.3, 0.4) is 0 Å². The SMILES string of the molecule is C#CCCN1C(=O)CC2(CCC2)C1=O. The van der Waals surface area contributed by atoms with Crippen LogP contribution in [0.4, 0.5) is 0 Å². The molecule has 0 atom stereocenters. The number of hydrogen-bond acceptors (Lipinski definition) is 2. The topological polar surface area (TPSA) is 37.4 Å². The van der Waals surface area contributed by atoms with E-state index in [2.05, 4.69) is 5.92 Å². The average molecular weight is 191 g/mol. The Labute approximate surface area is 83.5 Å². The fraction of sp³-hybridized carbons (Fsp3) is 0.636. The Kier molecular flexibility index (Phi) is 2.07. The van der Waals surface area contributed by atoms with Crippen molar-refractivity contribution < 1.29 is 9.59 Å². The van der Waals surface area contributed by atoms with E-state index < -0.39 is 0 Å². The second-order valence-electron chi connectivity index (χ2n) is 4.12. The molecule has 3 nitrogen and oxygen atoms in total. The maximum Gasteiger partial charge on any atom is 0.235 e. The summed E-state index contributed by atoms with van der Waals surface area (Å²) >= 11 is 0. The van der Waals surface area contributed by atoms with Crippen molar-refractivity contribution >= 4 is 11.8 Å². The van der Waals surface area contributed by atoms with E-state index in [4.69, 9.17) is 6.42 Å². The normalized spacial score (nSPS) is 23.8. The lowest BCUT2D eigenvalue weighted by Crippen LogP contribution is -2.40. The Morgan fingerprint density at radius 2 is 2.14 bits per heavy atom. The molecule has 0 bridgehead atoms. The molecule has 0 aromatic heterocycles. The van der Waals surface area contributed by atoms with Gasteiger partial charge in [0.25, 0.3) is 0 Å². The molecule has 1 heterocycles. The van der Waals surface area contributed by atoms with Crippen LogP contribution in [0.5, 0.6) is 0 Å². The van der Waals surface area contributed by atoms with Gasteiger partial charge in [-0.3, -0.25) is 14.5 Å². The Morgan fingerprint density at radius 1 is 1.43 bits per heavy atom. The van der Waals surface area contributed by atoms with E-state index in [1.807, 2.05) is 0 Å². The van der Waals surface area contributed by atoms with Crippen LogP contribution in [0, 0.1) is 17.8 Å². The van der Waals surface area contributed by atoms with E-state index in [-0.39, 0.29) is 17.2 Å². The zero-order valence-corrected chi connectivity index (χ0v) is 8.08. The first-order chi connectivity index (χ1) is 6.69. The van der Waals surface area contributed by atoms with Gasteiger partial charge >= 0.3 is 0 Å². The van der Waals surface area contributed by atoms with Crippen molar-refractivity contribution in [2.75, 3.05) is 6.54 Å². The van der Waals surface area contributed by atoms with Gasteiger partial charge in [-0.25, -0.2) is 0 Å². The summed E-state index contributed by atoms with van der Waals surface area (Å²) in [6.07, 6.45) is 8.82. The lowest BCUT2D eigenvalue weighted by Gasteiger charge is -2.34. The van der Waals surface area contributed by atoms with Gasteiger partial charge < -0.3 is 0 Å². The number of nitrogens with zero attached hydrogens (tertiary/aromatic N) is 1. The Morgan fingerprint density at radius 3 is 2.57 bits per heavy atom. The number of rotatable bonds is 2. The third kappa shape index (κ3) is 1.14. The summed E-state index contributed by atoms with van der Waals surface area (Å²) in [6, 6.07) is 0. The van der Waals surface area contributed by atoms with Crippen LogP contribution < -0.4 is 0 Å². The van der Waals surface area contributed by atoms with Crippen molar-refractivity contribution in [2.24, 2.45) is 5.41 Å². The smallest absolute Gasteiger partial charge is 0.235 e. The minimum atomic E-state index is -0.314. The monoisotopic (exact) mass is 191 g/mol. The lowest BCUT2D eigenvalue weighted by atomic mass is 9.68. The maximum absolute atomic E-state index is 11.9. The number of amides is 2. The molecule has 1 aliphatic heterocycles. The highest BCUT2D eigenvalue weighted by Gasteiger charge is 2.54. The highest BCUT2D eigenvalue weighted by atomic mass is 16.2. The van der Waals surface area contributed by atoms with Gasteiger partial charge in [0, 0.05) is 19.4 Å². The molecule has 0 N–H and O–H groups in total. The minimum Gasteiger partial charge on any atom is -0.281 e. The second kappa shape index (κ2) is 3.13. The fourth-order valence-electron chi connectivity index (χ4n) is 2.26. The molecule has 0 unspecified atom stereocenters. The molecule has 1 aliphatic carbocycles. The molecule has 2 amide bonds. The molecule has 74 valence electrons. The molecular formula is C11H13NO2. The van der Waals surface area contributed by atoms with Gasteiger partial charge in [0.05, 0.1) is 5.41 Å². The largest absolute Gasteiger partial charge is 0.281 e. The second-order valence-corrected chi connectivity index (χ2v) is 4.12. The molecule has 2 aliphatic rings. The van der Waals surface area contributed by atoms with E-state index in [0.29, 0.717) is 19.4 Å². The quantitative estimate of drug-likeness (QED) is 0.481. The van der Waals surface area contributed by atoms with Crippen molar-refractivity contribution in [3.05, 3.63) is 0 Å². The molecule has 0 aromatic rings. The van der Waals surface area contributed by atoms with Gasteiger partial charge in [-0.15, -0.1) is 12.3 Å². The summed E-state index contributed by atoms with van der Waals surface area (Å²) in [7, 11) is 0. The van der Waals surface area contributed by atoms with Crippen LogP contribution >= 0.6 is 0 Å². The third-order valence-corrected chi connectivity index (χ3v) is 3.28. The predicted octanol–water partition coefficient (Wildman–Crippen LogP) is 0.939. The van der Waals surface area contributed by atoms with Crippen molar-refractivity contribution in [1.29, 1.82) is 0 Å².